The maximum atomic E-state index is 12.2. The topological polar surface area (TPSA) is 82.0 Å². The Balaban J connectivity index is 1.54. The largest absolute Gasteiger partial charge is 0.507 e. The van der Waals surface area contributed by atoms with Crippen LogP contribution in [0.15, 0.2) is 34.8 Å². The van der Waals surface area contributed by atoms with Crippen molar-refractivity contribution in [1.29, 1.82) is 0 Å². The molecule has 0 saturated carbocycles. The minimum absolute atomic E-state index is 0.000456. The number of piperidine rings is 1. The van der Waals surface area contributed by atoms with E-state index >= 15 is 0 Å². The minimum Gasteiger partial charge on any atom is -0.507 e. The summed E-state index contributed by atoms with van der Waals surface area (Å²) in [5.41, 5.74) is 1.33. The zero-order valence-corrected chi connectivity index (χ0v) is 18.3. The van der Waals surface area contributed by atoms with Crippen LogP contribution in [0.25, 0.3) is 0 Å². The molecule has 0 bridgehead atoms. The number of carbonyl (C=O) groups excluding carboxylic acids is 1. The Hall–Kier alpha value is -1.96. The first-order valence-electron chi connectivity index (χ1n) is 9.57. The summed E-state index contributed by atoms with van der Waals surface area (Å²) in [7, 11) is 0. The second-order valence-electron chi connectivity index (χ2n) is 7.02. The first-order valence-corrected chi connectivity index (χ1v) is 10.7. The fourth-order valence-electron chi connectivity index (χ4n) is 3.29. The highest BCUT2D eigenvalue weighted by Gasteiger charge is 2.15. The van der Waals surface area contributed by atoms with Crippen molar-refractivity contribution < 1.29 is 19.7 Å². The number of benzene rings is 2. The summed E-state index contributed by atoms with van der Waals surface area (Å²) in [6.07, 6.45) is 3.64. The zero-order chi connectivity index (χ0) is 20.8. The van der Waals surface area contributed by atoms with E-state index in [9.17, 15) is 15.0 Å². The average Bonchev–Trinajstić information content (AvgIpc) is 2.70. The van der Waals surface area contributed by atoms with Gasteiger partial charge in [-0.15, -0.1) is 0 Å². The van der Waals surface area contributed by atoms with E-state index in [0.717, 1.165) is 17.6 Å². The van der Waals surface area contributed by atoms with Gasteiger partial charge in [0.15, 0.2) is 0 Å². The summed E-state index contributed by atoms with van der Waals surface area (Å²) < 4.78 is 6.06. The fraction of sp³-hybridized carbons (Fsp3) is 0.381. The summed E-state index contributed by atoms with van der Waals surface area (Å²) in [6, 6.07) is 8.02. The molecule has 0 spiro atoms. The molecule has 0 aliphatic carbocycles. The smallest absolute Gasteiger partial charge is 0.341 e. The number of ether oxygens (including phenoxy) is 1. The van der Waals surface area contributed by atoms with Crippen LogP contribution in [0.4, 0.5) is 5.69 Å². The predicted molar refractivity (Wildman–Crippen MR) is 117 cm³/mol. The van der Waals surface area contributed by atoms with E-state index in [4.69, 9.17) is 16.3 Å². The Bertz CT molecular complexity index is 872. The first kappa shape index (κ1) is 21.7. The van der Waals surface area contributed by atoms with Crippen molar-refractivity contribution >= 4 is 39.2 Å². The molecule has 29 heavy (non-hydrogen) atoms. The highest BCUT2D eigenvalue weighted by atomic mass is 79.9. The Morgan fingerprint density at radius 2 is 1.93 bits per heavy atom. The van der Waals surface area contributed by atoms with Gasteiger partial charge >= 0.3 is 5.97 Å². The standard InChI is InChI=1S/C21H24BrClN2O4/c22-15-10-14(20(27)18(23)11-15)13-24-16-4-5-17(19(26)12-16)21(28)29-9-8-25-6-2-1-3-7-25/h4-5,10-12,24,26-27H,1-3,6-9,13H2. The number of nitrogens with one attached hydrogen (secondary N) is 1. The molecule has 3 rings (SSSR count). The number of esters is 1. The molecule has 3 N–H and O–H groups in total. The SMILES string of the molecule is O=C(OCCN1CCCCC1)c1ccc(NCc2cc(Br)cc(Cl)c2O)cc1O. The van der Waals surface area contributed by atoms with E-state index in [0.29, 0.717) is 30.9 Å². The van der Waals surface area contributed by atoms with E-state index in [2.05, 4.69) is 26.1 Å². The lowest BCUT2D eigenvalue weighted by atomic mass is 10.1. The summed E-state index contributed by atoms with van der Waals surface area (Å²) in [5.74, 6) is -0.697. The molecule has 156 valence electrons. The van der Waals surface area contributed by atoms with Gasteiger partial charge < -0.3 is 20.3 Å². The van der Waals surface area contributed by atoms with Gasteiger partial charge in [-0.25, -0.2) is 4.79 Å². The molecule has 0 amide bonds. The van der Waals surface area contributed by atoms with E-state index in [1.54, 1.807) is 18.2 Å². The highest BCUT2D eigenvalue weighted by Crippen LogP contribution is 2.32. The number of hydrogen-bond donors (Lipinski definition) is 3. The van der Waals surface area contributed by atoms with Crippen molar-refractivity contribution in [3.8, 4) is 11.5 Å². The van der Waals surface area contributed by atoms with E-state index in [1.807, 2.05) is 0 Å². The Morgan fingerprint density at radius 1 is 1.17 bits per heavy atom. The van der Waals surface area contributed by atoms with Crippen molar-refractivity contribution in [2.75, 3.05) is 31.6 Å². The molecule has 0 atom stereocenters. The Labute approximate surface area is 183 Å². The summed E-state index contributed by atoms with van der Waals surface area (Å²) >= 11 is 9.31. The second-order valence-corrected chi connectivity index (χ2v) is 8.34. The van der Waals surface area contributed by atoms with E-state index < -0.39 is 5.97 Å². The normalized spacial score (nSPS) is 14.6. The van der Waals surface area contributed by atoms with Crippen LogP contribution in [-0.2, 0) is 11.3 Å². The van der Waals surface area contributed by atoms with Crippen LogP contribution >= 0.6 is 27.5 Å². The molecule has 8 heteroatoms. The summed E-state index contributed by atoms with van der Waals surface area (Å²) in [6.45, 7) is 3.40. The van der Waals surface area contributed by atoms with Gasteiger partial charge in [0, 0.05) is 34.9 Å². The molecule has 6 nitrogen and oxygen atoms in total. The van der Waals surface area contributed by atoms with Gasteiger partial charge in [0.1, 0.15) is 23.7 Å². The van der Waals surface area contributed by atoms with E-state index in [-0.39, 0.29) is 22.1 Å². The number of aromatic hydroxyl groups is 2. The molecule has 0 unspecified atom stereocenters. The maximum Gasteiger partial charge on any atom is 0.341 e. The Kier molecular flexibility index (Phi) is 7.64. The number of phenols is 2. The Morgan fingerprint density at radius 3 is 2.66 bits per heavy atom. The van der Waals surface area contributed by atoms with Gasteiger partial charge in [0.05, 0.1) is 5.02 Å². The molecule has 1 saturated heterocycles. The fourth-order valence-corrected chi connectivity index (χ4v) is 4.17. The number of hydrogen-bond acceptors (Lipinski definition) is 6. The third-order valence-corrected chi connectivity index (χ3v) is 5.64. The molecule has 0 aromatic heterocycles. The third-order valence-electron chi connectivity index (χ3n) is 4.90. The van der Waals surface area contributed by atoms with Gasteiger partial charge in [-0.1, -0.05) is 34.0 Å². The number of anilines is 1. The molecule has 2 aromatic rings. The van der Waals surface area contributed by atoms with Crippen LogP contribution in [0, 0.1) is 0 Å². The molecular formula is C21H24BrClN2O4. The lowest BCUT2D eigenvalue weighted by Crippen LogP contribution is -2.33. The predicted octanol–water partition coefficient (Wildman–Crippen LogP) is 4.77. The summed E-state index contributed by atoms with van der Waals surface area (Å²) in [4.78, 5) is 14.5. The van der Waals surface area contributed by atoms with Crippen molar-refractivity contribution in [3.05, 3.63) is 51.0 Å². The second kappa shape index (κ2) is 10.2. The monoisotopic (exact) mass is 482 g/mol. The van der Waals surface area contributed by atoms with Crippen LogP contribution in [0.2, 0.25) is 5.02 Å². The van der Waals surface area contributed by atoms with Gasteiger partial charge in [-0.05, 0) is 50.2 Å². The summed E-state index contributed by atoms with van der Waals surface area (Å²) in [5, 5.41) is 23.6. The van der Waals surface area contributed by atoms with Crippen LogP contribution < -0.4 is 5.32 Å². The number of nitrogens with zero attached hydrogens (tertiary/aromatic N) is 1. The van der Waals surface area contributed by atoms with Gasteiger partial charge in [0.2, 0.25) is 0 Å². The average molecular weight is 484 g/mol. The lowest BCUT2D eigenvalue weighted by Gasteiger charge is -2.25. The molecule has 2 aromatic carbocycles. The van der Waals surface area contributed by atoms with Gasteiger partial charge in [-0.3, -0.25) is 4.90 Å². The third kappa shape index (κ3) is 6.01. The number of carbonyl (C=O) groups is 1. The van der Waals surface area contributed by atoms with Crippen molar-refractivity contribution in [2.45, 2.75) is 25.8 Å². The maximum absolute atomic E-state index is 12.2. The number of phenolic OH excluding ortho intramolecular Hbond substituents is 2. The molecule has 1 heterocycles. The number of halogens is 2. The van der Waals surface area contributed by atoms with Crippen molar-refractivity contribution in [2.24, 2.45) is 0 Å². The minimum atomic E-state index is -0.539. The molecule has 1 aliphatic rings. The van der Waals surface area contributed by atoms with Gasteiger partial charge in [-0.2, -0.15) is 0 Å². The first-order chi connectivity index (χ1) is 13.9. The van der Waals surface area contributed by atoms with Crippen molar-refractivity contribution in [1.82, 2.24) is 4.90 Å². The van der Waals surface area contributed by atoms with Gasteiger partial charge in [0.25, 0.3) is 0 Å². The molecule has 0 radical (unpaired) electrons. The number of likely N-dealkylation sites (tertiary alicyclic amines) is 1. The van der Waals surface area contributed by atoms with Crippen LogP contribution in [0.5, 0.6) is 11.5 Å². The van der Waals surface area contributed by atoms with Crippen LogP contribution in [0.1, 0.15) is 35.2 Å². The van der Waals surface area contributed by atoms with Crippen LogP contribution in [0.3, 0.4) is 0 Å². The molecule has 1 fully saturated rings. The van der Waals surface area contributed by atoms with E-state index in [1.165, 1.54) is 31.4 Å². The van der Waals surface area contributed by atoms with Crippen LogP contribution in [-0.4, -0.2) is 47.3 Å². The molecular weight excluding hydrogens is 460 g/mol. The quantitative estimate of drug-likeness (QED) is 0.492. The van der Waals surface area contributed by atoms with Crippen molar-refractivity contribution in [3.63, 3.8) is 0 Å². The number of rotatable bonds is 7. The lowest BCUT2D eigenvalue weighted by molar-refractivity contribution is 0.0449. The highest BCUT2D eigenvalue weighted by molar-refractivity contribution is 9.10. The molecule has 1 aliphatic heterocycles. The zero-order valence-electron chi connectivity index (χ0n) is 16.0.